The molecule has 0 bridgehead atoms. The van der Waals surface area contributed by atoms with Gasteiger partial charge in [-0.05, 0) is 49.1 Å². The molecule has 0 radical (unpaired) electrons. The monoisotopic (exact) mass is 436 g/mol. The predicted octanol–water partition coefficient (Wildman–Crippen LogP) is 4.06. The van der Waals surface area contributed by atoms with Crippen molar-refractivity contribution in [1.29, 1.82) is 0 Å². The van der Waals surface area contributed by atoms with Crippen LogP contribution in [-0.2, 0) is 16.3 Å². The predicted molar refractivity (Wildman–Crippen MR) is 96.4 cm³/mol. The van der Waals surface area contributed by atoms with Crippen molar-refractivity contribution in [2.45, 2.75) is 26.7 Å². The molecule has 1 aliphatic rings. The van der Waals surface area contributed by atoms with Crippen LogP contribution in [0.3, 0.4) is 0 Å². The van der Waals surface area contributed by atoms with Crippen LogP contribution in [0.5, 0.6) is 0 Å². The van der Waals surface area contributed by atoms with Crippen LogP contribution in [0.15, 0.2) is 18.2 Å². The quantitative estimate of drug-likeness (QED) is 0.651. The summed E-state index contributed by atoms with van der Waals surface area (Å²) in [6.45, 7) is 4.24. The minimum atomic E-state index is -2.85. The van der Waals surface area contributed by atoms with E-state index in [1.54, 1.807) is 0 Å². The molecular weight excluding hydrogens is 416 g/mol. The van der Waals surface area contributed by atoms with E-state index in [4.69, 9.17) is 0 Å². The minimum absolute atomic E-state index is 0.0396. The molecule has 1 atom stereocenters. The van der Waals surface area contributed by atoms with Gasteiger partial charge in [0.2, 0.25) is 0 Å². The normalized spacial score (nSPS) is 21.6. The van der Waals surface area contributed by atoms with Crippen LogP contribution in [0.2, 0.25) is 0 Å². The van der Waals surface area contributed by atoms with E-state index in [9.17, 15) is 8.42 Å². The first-order chi connectivity index (χ1) is 9.82. The maximum Gasteiger partial charge on any atom is 0.150 e. The fraction of sp³-hybridized carbons (Fsp3) is 0.625. The number of hydrogen-bond acceptors (Lipinski definition) is 2. The molecule has 0 spiro atoms. The first-order valence-electron chi connectivity index (χ1n) is 7.20. The van der Waals surface area contributed by atoms with Crippen LogP contribution in [0.4, 0.5) is 0 Å². The van der Waals surface area contributed by atoms with E-state index in [2.05, 4.69) is 63.9 Å². The molecule has 5 heteroatoms. The summed E-state index contributed by atoms with van der Waals surface area (Å²) in [4.78, 5) is 0. The number of aryl methyl sites for hydroxylation is 2. The fourth-order valence-corrected chi connectivity index (χ4v) is 7.33. The SMILES string of the molecule is Cc1ccc(C)c(CC(CBr)(CBr)C2CCS(=O)(=O)C2)c1. The first-order valence-corrected chi connectivity index (χ1v) is 11.3. The average molecular weight is 438 g/mol. The van der Waals surface area contributed by atoms with Gasteiger partial charge < -0.3 is 0 Å². The van der Waals surface area contributed by atoms with E-state index >= 15 is 0 Å². The van der Waals surface area contributed by atoms with Crippen LogP contribution in [-0.4, -0.2) is 30.6 Å². The number of hydrogen-bond donors (Lipinski definition) is 0. The van der Waals surface area contributed by atoms with Gasteiger partial charge in [-0.3, -0.25) is 0 Å². The van der Waals surface area contributed by atoms with Gasteiger partial charge in [-0.25, -0.2) is 8.42 Å². The first kappa shape index (κ1) is 17.5. The number of sulfone groups is 1. The Kier molecular flexibility index (Phi) is 5.59. The summed E-state index contributed by atoms with van der Waals surface area (Å²) in [5.74, 6) is 0.891. The summed E-state index contributed by atoms with van der Waals surface area (Å²) in [7, 11) is -2.85. The molecule has 0 aliphatic carbocycles. The highest BCUT2D eigenvalue weighted by Crippen LogP contribution is 2.42. The van der Waals surface area contributed by atoms with E-state index in [1.165, 1.54) is 16.7 Å². The lowest BCUT2D eigenvalue weighted by atomic mass is 9.73. The highest BCUT2D eigenvalue weighted by Gasteiger charge is 2.43. The molecule has 1 heterocycles. The second-order valence-electron chi connectivity index (χ2n) is 6.34. The van der Waals surface area contributed by atoms with Crippen molar-refractivity contribution in [3.8, 4) is 0 Å². The molecule has 1 aromatic rings. The fourth-order valence-electron chi connectivity index (χ4n) is 3.14. The van der Waals surface area contributed by atoms with Crippen molar-refractivity contribution in [2.24, 2.45) is 11.3 Å². The van der Waals surface area contributed by atoms with Gasteiger partial charge in [0.1, 0.15) is 0 Å². The standard InChI is InChI=1S/C16H22Br2O2S/c1-12-3-4-13(2)14(7-12)8-16(10-17,11-18)15-5-6-21(19,20)9-15/h3-4,7,15H,5-6,8-11H2,1-2H3. The van der Waals surface area contributed by atoms with Gasteiger partial charge in [0, 0.05) is 10.7 Å². The molecule has 0 aromatic heterocycles. The third-order valence-electron chi connectivity index (χ3n) is 4.68. The Morgan fingerprint density at radius 2 is 1.90 bits per heavy atom. The lowest BCUT2D eigenvalue weighted by Crippen LogP contribution is -2.37. The van der Waals surface area contributed by atoms with Gasteiger partial charge in [-0.1, -0.05) is 55.6 Å². The summed E-state index contributed by atoms with van der Waals surface area (Å²) >= 11 is 7.31. The Morgan fingerprint density at radius 1 is 1.24 bits per heavy atom. The summed E-state index contributed by atoms with van der Waals surface area (Å²) in [6, 6.07) is 6.52. The highest BCUT2D eigenvalue weighted by atomic mass is 79.9. The van der Waals surface area contributed by atoms with Gasteiger partial charge in [-0.15, -0.1) is 0 Å². The van der Waals surface area contributed by atoms with Gasteiger partial charge in [-0.2, -0.15) is 0 Å². The lowest BCUT2D eigenvalue weighted by Gasteiger charge is -2.36. The van der Waals surface area contributed by atoms with E-state index in [1.807, 2.05) is 0 Å². The summed E-state index contributed by atoms with van der Waals surface area (Å²) in [5, 5.41) is 1.64. The van der Waals surface area contributed by atoms with Gasteiger partial charge >= 0.3 is 0 Å². The number of benzene rings is 1. The van der Waals surface area contributed by atoms with Gasteiger partial charge in [0.15, 0.2) is 9.84 Å². The van der Waals surface area contributed by atoms with Crippen molar-refractivity contribution in [3.05, 3.63) is 34.9 Å². The Bertz CT molecular complexity index is 607. The Balaban J connectivity index is 2.32. The van der Waals surface area contributed by atoms with Crippen LogP contribution in [0.25, 0.3) is 0 Å². The maximum atomic E-state index is 11.9. The van der Waals surface area contributed by atoms with Crippen LogP contribution in [0.1, 0.15) is 23.1 Å². The van der Waals surface area contributed by atoms with E-state index in [0.717, 1.165) is 23.5 Å². The van der Waals surface area contributed by atoms with Crippen LogP contribution < -0.4 is 0 Å². The zero-order valence-corrected chi connectivity index (χ0v) is 16.5. The number of halogens is 2. The van der Waals surface area contributed by atoms with Crippen molar-refractivity contribution in [2.75, 3.05) is 22.2 Å². The third-order valence-corrected chi connectivity index (χ3v) is 8.68. The molecule has 2 rings (SSSR count). The molecule has 1 saturated heterocycles. The second-order valence-corrected chi connectivity index (χ2v) is 9.69. The molecule has 21 heavy (non-hydrogen) atoms. The van der Waals surface area contributed by atoms with Crippen LogP contribution in [0, 0.1) is 25.2 Å². The zero-order chi connectivity index (χ0) is 15.7. The van der Waals surface area contributed by atoms with Crippen molar-refractivity contribution < 1.29 is 8.42 Å². The second kappa shape index (κ2) is 6.71. The van der Waals surface area contributed by atoms with Gasteiger partial charge in [0.05, 0.1) is 11.5 Å². The van der Waals surface area contributed by atoms with E-state index in [-0.39, 0.29) is 11.3 Å². The largest absolute Gasteiger partial charge is 0.229 e. The molecule has 1 aromatic carbocycles. The van der Waals surface area contributed by atoms with Crippen LogP contribution >= 0.6 is 31.9 Å². The van der Waals surface area contributed by atoms with Crippen molar-refractivity contribution in [3.63, 3.8) is 0 Å². The summed E-state index contributed by atoms with van der Waals surface area (Å²) in [6.07, 6.45) is 1.70. The number of alkyl halides is 2. The van der Waals surface area contributed by atoms with E-state index < -0.39 is 9.84 Å². The molecule has 1 unspecified atom stereocenters. The molecular formula is C16H22Br2O2S. The molecule has 1 aliphatic heterocycles. The minimum Gasteiger partial charge on any atom is -0.229 e. The molecule has 0 amide bonds. The Morgan fingerprint density at radius 3 is 2.43 bits per heavy atom. The Hall–Kier alpha value is 0.130. The molecule has 2 nitrogen and oxygen atoms in total. The topological polar surface area (TPSA) is 34.1 Å². The van der Waals surface area contributed by atoms with Crippen molar-refractivity contribution >= 4 is 41.7 Å². The maximum absolute atomic E-state index is 11.9. The summed E-state index contributed by atoms with van der Waals surface area (Å²) in [5.41, 5.74) is 3.83. The summed E-state index contributed by atoms with van der Waals surface area (Å²) < 4.78 is 23.7. The smallest absolute Gasteiger partial charge is 0.150 e. The van der Waals surface area contributed by atoms with E-state index in [0.29, 0.717) is 11.5 Å². The lowest BCUT2D eigenvalue weighted by molar-refractivity contribution is 0.253. The average Bonchev–Trinajstić information content (AvgIpc) is 2.81. The molecule has 0 N–H and O–H groups in total. The molecule has 1 fully saturated rings. The molecule has 118 valence electrons. The zero-order valence-electron chi connectivity index (χ0n) is 12.5. The third kappa shape index (κ3) is 3.91. The van der Waals surface area contributed by atoms with Crippen molar-refractivity contribution in [1.82, 2.24) is 0 Å². The number of rotatable bonds is 5. The molecule has 0 saturated carbocycles. The van der Waals surface area contributed by atoms with Gasteiger partial charge in [0.25, 0.3) is 0 Å². The Labute approximate surface area is 144 Å². The highest BCUT2D eigenvalue weighted by molar-refractivity contribution is 9.09.